The molecule has 0 bridgehead atoms. The Labute approximate surface area is 167 Å². The van der Waals surface area contributed by atoms with E-state index in [2.05, 4.69) is 15.3 Å². The van der Waals surface area contributed by atoms with Crippen LogP contribution < -0.4 is 5.32 Å². The van der Waals surface area contributed by atoms with E-state index in [0.29, 0.717) is 26.1 Å². The lowest BCUT2D eigenvalue weighted by Crippen LogP contribution is -2.34. The number of halogens is 1. The van der Waals surface area contributed by atoms with Crippen molar-refractivity contribution in [1.82, 2.24) is 24.8 Å². The number of hydrogen-bond donors (Lipinski definition) is 2. The molecule has 0 radical (unpaired) electrons. The number of aromatic nitrogens is 3. The molecule has 152 valence electrons. The fraction of sp³-hybridized carbons (Fsp3) is 0.381. The first-order valence-electron chi connectivity index (χ1n) is 9.87. The quantitative estimate of drug-likeness (QED) is 0.571. The second-order valence-corrected chi connectivity index (χ2v) is 7.44. The second kappa shape index (κ2) is 8.46. The topological polar surface area (TPSA) is 83.0 Å². The third kappa shape index (κ3) is 4.47. The van der Waals surface area contributed by atoms with Gasteiger partial charge in [0.25, 0.3) is 0 Å². The Morgan fingerprint density at radius 1 is 1.34 bits per heavy atom. The fourth-order valence-electron chi connectivity index (χ4n) is 3.81. The number of fused-ring (bicyclic) bond motifs is 1. The third-order valence-corrected chi connectivity index (χ3v) is 5.42. The smallest absolute Gasteiger partial charge is 0.225 e. The van der Waals surface area contributed by atoms with Crippen molar-refractivity contribution in [3.8, 4) is 0 Å². The van der Waals surface area contributed by atoms with E-state index in [9.17, 15) is 14.0 Å². The summed E-state index contributed by atoms with van der Waals surface area (Å²) in [6, 6.07) is 4.64. The number of rotatable bonds is 8. The van der Waals surface area contributed by atoms with Crippen LogP contribution in [0.5, 0.6) is 0 Å². The zero-order chi connectivity index (χ0) is 20.2. The van der Waals surface area contributed by atoms with Gasteiger partial charge >= 0.3 is 0 Å². The number of benzene rings is 1. The molecule has 1 saturated heterocycles. The maximum atomic E-state index is 13.5. The van der Waals surface area contributed by atoms with Crippen LogP contribution in [-0.2, 0) is 22.6 Å². The van der Waals surface area contributed by atoms with Gasteiger partial charge in [-0.3, -0.25) is 9.59 Å². The molecule has 2 N–H and O–H groups in total. The predicted octanol–water partition coefficient (Wildman–Crippen LogP) is 2.10. The molecular formula is C21H24FN5O2. The molecule has 1 atom stereocenters. The molecule has 0 saturated carbocycles. The first-order chi connectivity index (χ1) is 14.1. The lowest BCUT2D eigenvalue weighted by molar-refractivity contribution is -0.129. The summed E-state index contributed by atoms with van der Waals surface area (Å²) in [5.41, 5.74) is 1.85. The molecule has 2 amide bonds. The van der Waals surface area contributed by atoms with Crippen molar-refractivity contribution in [2.45, 2.75) is 25.8 Å². The van der Waals surface area contributed by atoms with Crippen LogP contribution in [0.2, 0.25) is 0 Å². The Morgan fingerprint density at radius 3 is 3.07 bits per heavy atom. The van der Waals surface area contributed by atoms with E-state index in [-0.39, 0.29) is 30.0 Å². The van der Waals surface area contributed by atoms with Gasteiger partial charge in [0.2, 0.25) is 11.8 Å². The largest absolute Gasteiger partial charge is 0.361 e. The standard InChI is InChI=1S/C21H24FN5O2/c22-17-2-3-19-18(11-17)15(12-25-19)4-8-27-13-16(10-20(27)28)21(29)24-5-1-7-26-9-6-23-14-26/h2-3,6,9,11-12,14,16,25H,1,4-5,7-8,10,13H2,(H,24,29)/t16-/m1/s1. The highest BCUT2D eigenvalue weighted by Gasteiger charge is 2.33. The van der Waals surface area contributed by atoms with Crippen molar-refractivity contribution in [1.29, 1.82) is 0 Å². The Balaban J connectivity index is 1.25. The summed E-state index contributed by atoms with van der Waals surface area (Å²) in [6.07, 6.45) is 8.89. The lowest BCUT2D eigenvalue weighted by Gasteiger charge is -2.16. The normalized spacial score (nSPS) is 16.7. The van der Waals surface area contributed by atoms with Crippen LogP contribution >= 0.6 is 0 Å². The highest BCUT2D eigenvalue weighted by atomic mass is 19.1. The maximum Gasteiger partial charge on any atom is 0.225 e. The van der Waals surface area contributed by atoms with Crippen molar-refractivity contribution in [2.75, 3.05) is 19.6 Å². The Hall–Kier alpha value is -3.16. The number of H-pyrrole nitrogens is 1. The fourth-order valence-corrected chi connectivity index (χ4v) is 3.81. The van der Waals surface area contributed by atoms with Gasteiger partial charge in [-0.25, -0.2) is 9.37 Å². The van der Waals surface area contributed by atoms with Gasteiger partial charge in [0.05, 0.1) is 12.2 Å². The number of carbonyl (C=O) groups is 2. The molecule has 7 nitrogen and oxygen atoms in total. The molecular weight excluding hydrogens is 373 g/mol. The minimum Gasteiger partial charge on any atom is -0.361 e. The molecule has 8 heteroatoms. The van der Waals surface area contributed by atoms with E-state index in [1.165, 1.54) is 12.1 Å². The molecule has 1 aromatic carbocycles. The van der Waals surface area contributed by atoms with E-state index < -0.39 is 0 Å². The van der Waals surface area contributed by atoms with E-state index in [4.69, 9.17) is 0 Å². The number of nitrogens with zero attached hydrogens (tertiary/aromatic N) is 3. The zero-order valence-corrected chi connectivity index (χ0v) is 16.1. The molecule has 3 aromatic rings. The van der Waals surface area contributed by atoms with Crippen molar-refractivity contribution in [2.24, 2.45) is 5.92 Å². The SMILES string of the molecule is O=C(NCCCn1ccnc1)[C@@H]1CC(=O)N(CCc2c[nH]c3ccc(F)cc23)C1. The molecule has 29 heavy (non-hydrogen) atoms. The number of nitrogens with one attached hydrogen (secondary N) is 2. The van der Waals surface area contributed by atoms with Crippen LogP contribution in [0, 0.1) is 11.7 Å². The van der Waals surface area contributed by atoms with Crippen molar-refractivity contribution >= 4 is 22.7 Å². The molecule has 0 aliphatic carbocycles. The van der Waals surface area contributed by atoms with Crippen molar-refractivity contribution < 1.29 is 14.0 Å². The molecule has 1 aliphatic heterocycles. The summed E-state index contributed by atoms with van der Waals surface area (Å²) in [4.78, 5) is 33.5. The van der Waals surface area contributed by atoms with Gasteiger partial charge in [0, 0.05) is 62.1 Å². The number of likely N-dealkylation sites (tertiary alicyclic amines) is 1. The molecule has 1 fully saturated rings. The number of carbonyl (C=O) groups excluding carboxylic acids is 2. The summed E-state index contributed by atoms with van der Waals surface area (Å²) in [5, 5.41) is 3.77. The van der Waals surface area contributed by atoms with Gasteiger partial charge in [0.15, 0.2) is 0 Å². The molecule has 1 aliphatic rings. The monoisotopic (exact) mass is 397 g/mol. The summed E-state index contributed by atoms with van der Waals surface area (Å²) >= 11 is 0. The summed E-state index contributed by atoms with van der Waals surface area (Å²) in [7, 11) is 0. The van der Waals surface area contributed by atoms with Crippen molar-refractivity contribution in [3.05, 3.63) is 54.5 Å². The van der Waals surface area contributed by atoms with Crippen LogP contribution in [-0.4, -0.2) is 50.9 Å². The molecule has 0 unspecified atom stereocenters. The van der Waals surface area contributed by atoms with Crippen molar-refractivity contribution in [3.63, 3.8) is 0 Å². The minimum absolute atomic E-state index is 0.00501. The third-order valence-electron chi connectivity index (χ3n) is 5.42. The summed E-state index contributed by atoms with van der Waals surface area (Å²) in [5.74, 6) is -0.660. The number of hydrogen-bond acceptors (Lipinski definition) is 3. The second-order valence-electron chi connectivity index (χ2n) is 7.44. The average molecular weight is 397 g/mol. The van der Waals surface area contributed by atoms with Crippen LogP contribution in [0.15, 0.2) is 43.1 Å². The van der Waals surface area contributed by atoms with Crippen LogP contribution in [0.25, 0.3) is 10.9 Å². The average Bonchev–Trinajstić information content (AvgIpc) is 3.44. The molecule has 4 rings (SSSR count). The molecule has 0 spiro atoms. The lowest BCUT2D eigenvalue weighted by atomic mass is 10.1. The van der Waals surface area contributed by atoms with Crippen LogP contribution in [0.1, 0.15) is 18.4 Å². The van der Waals surface area contributed by atoms with Gasteiger partial charge in [0.1, 0.15) is 5.82 Å². The number of aryl methyl sites for hydroxylation is 1. The Kier molecular flexibility index (Phi) is 5.59. The van der Waals surface area contributed by atoms with E-state index in [1.54, 1.807) is 23.5 Å². The van der Waals surface area contributed by atoms with Gasteiger partial charge in [-0.15, -0.1) is 0 Å². The summed E-state index contributed by atoms with van der Waals surface area (Å²) in [6.45, 7) is 2.32. The van der Waals surface area contributed by atoms with E-state index >= 15 is 0 Å². The highest BCUT2D eigenvalue weighted by molar-refractivity contribution is 5.89. The highest BCUT2D eigenvalue weighted by Crippen LogP contribution is 2.22. The Bertz CT molecular complexity index is 998. The van der Waals surface area contributed by atoms with Gasteiger partial charge < -0.3 is 19.8 Å². The van der Waals surface area contributed by atoms with Crippen LogP contribution in [0.3, 0.4) is 0 Å². The first kappa shape index (κ1) is 19.2. The van der Waals surface area contributed by atoms with E-state index in [1.807, 2.05) is 17.0 Å². The number of aromatic amines is 1. The molecule has 2 aromatic heterocycles. The van der Waals surface area contributed by atoms with Gasteiger partial charge in [-0.1, -0.05) is 0 Å². The minimum atomic E-state index is -0.309. The van der Waals surface area contributed by atoms with Gasteiger partial charge in [-0.05, 0) is 36.6 Å². The number of amides is 2. The molecule has 3 heterocycles. The van der Waals surface area contributed by atoms with Crippen LogP contribution in [0.4, 0.5) is 4.39 Å². The predicted molar refractivity (Wildman–Crippen MR) is 107 cm³/mol. The Morgan fingerprint density at radius 2 is 2.24 bits per heavy atom. The first-order valence-corrected chi connectivity index (χ1v) is 9.87. The number of imidazole rings is 1. The maximum absolute atomic E-state index is 13.5. The van der Waals surface area contributed by atoms with Gasteiger partial charge in [-0.2, -0.15) is 0 Å². The zero-order valence-electron chi connectivity index (χ0n) is 16.1. The van der Waals surface area contributed by atoms with E-state index in [0.717, 1.165) is 29.4 Å². The summed E-state index contributed by atoms with van der Waals surface area (Å²) < 4.78 is 15.5.